The number of fused-ring (bicyclic) bond motifs is 8. The predicted octanol–water partition coefficient (Wildman–Crippen LogP) is 15.0. The van der Waals surface area contributed by atoms with Gasteiger partial charge in [-0.15, -0.1) is 0 Å². The predicted molar refractivity (Wildman–Crippen MR) is 263 cm³/mol. The summed E-state index contributed by atoms with van der Waals surface area (Å²) in [5.41, 5.74) is 21.1. The fraction of sp³-hybridized carbons (Fsp3) is 0.197. The second-order valence-electron chi connectivity index (χ2n) is 19.0. The van der Waals surface area contributed by atoms with Crippen molar-refractivity contribution in [3.8, 4) is 33.4 Å². The van der Waals surface area contributed by atoms with Crippen molar-refractivity contribution in [2.24, 2.45) is 10.9 Å². The Morgan fingerprint density at radius 3 is 1.84 bits per heavy atom. The van der Waals surface area contributed by atoms with E-state index in [1.165, 1.54) is 87.8 Å². The minimum absolute atomic E-state index is 0.0652. The standard InChI is InChI=1S/C61H52N2/c1-60(2)54-36-48(31-32-50(54)51-38-56-52(37-55(51)60)49-21-10-11-22-53(49)61(56)33-12-5-13-34-61)47-20-14-19-46(35-47)42-25-29-44(30-26-42)58-39-57(62-59(63-58)45-17-8-4-9-18-45)43-27-23-41(24-28-43)40-15-6-3-7-16-40/h3-4,6-11,14-32,35-39,52,56,58H,5,12-13,33-34H2,1-2H3,(H,62,63). The Morgan fingerprint density at radius 1 is 0.492 bits per heavy atom. The molecule has 3 unspecified atom stereocenters. The maximum atomic E-state index is 5.26. The van der Waals surface area contributed by atoms with E-state index in [0.29, 0.717) is 11.8 Å². The van der Waals surface area contributed by atoms with Gasteiger partial charge in [0, 0.05) is 28.0 Å². The van der Waals surface area contributed by atoms with Gasteiger partial charge in [0.1, 0.15) is 5.84 Å². The first-order valence-electron chi connectivity index (χ1n) is 23.1. The highest BCUT2D eigenvalue weighted by molar-refractivity contribution is 6.05. The van der Waals surface area contributed by atoms with Gasteiger partial charge in [0.15, 0.2) is 0 Å². The fourth-order valence-electron chi connectivity index (χ4n) is 12.0. The van der Waals surface area contributed by atoms with Crippen molar-refractivity contribution in [1.82, 2.24) is 5.32 Å². The molecule has 0 radical (unpaired) electrons. The van der Waals surface area contributed by atoms with Gasteiger partial charge in [-0.25, -0.2) is 0 Å². The van der Waals surface area contributed by atoms with Gasteiger partial charge in [-0.2, -0.15) is 0 Å². The first-order chi connectivity index (χ1) is 30.9. The third-order valence-electron chi connectivity index (χ3n) is 15.2. The molecule has 0 saturated heterocycles. The molecule has 1 heterocycles. The van der Waals surface area contributed by atoms with E-state index >= 15 is 0 Å². The van der Waals surface area contributed by atoms with Crippen molar-refractivity contribution in [2.45, 2.75) is 68.7 Å². The van der Waals surface area contributed by atoms with E-state index in [0.717, 1.165) is 28.2 Å². The molecule has 2 nitrogen and oxygen atoms in total. The second kappa shape index (κ2) is 15.0. The molecule has 1 saturated carbocycles. The molecule has 1 fully saturated rings. The number of nitrogens with zero attached hydrogens (tertiary/aromatic N) is 1. The van der Waals surface area contributed by atoms with Crippen LogP contribution in [0.2, 0.25) is 0 Å². The molecule has 5 aliphatic rings. The lowest BCUT2D eigenvalue weighted by molar-refractivity contribution is 0.233. The summed E-state index contributed by atoms with van der Waals surface area (Å²) in [5, 5.41) is 3.67. The van der Waals surface area contributed by atoms with Crippen molar-refractivity contribution in [1.29, 1.82) is 0 Å². The zero-order valence-corrected chi connectivity index (χ0v) is 36.2. The van der Waals surface area contributed by atoms with E-state index in [1.54, 1.807) is 11.1 Å². The summed E-state index contributed by atoms with van der Waals surface area (Å²) in [5.74, 6) is 1.89. The number of aliphatic imine (C=N–C) groups is 1. The zero-order valence-electron chi connectivity index (χ0n) is 36.2. The number of benzene rings is 7. The van der Waals surface area contributed by atoms with Gasteiger partial charge in [-0.1, -0.05) is 209 Å². The molecule has 1 spiro atoms. The molecule has 3 atom stereocenters. The summed E-state index contributed by atoms with van der Waals surface area (Å²) in [4.78, 5) is 5.26. The topological polar surface area (TPSA) is 24.4 Å². The molecule has 2 heteroatoms. The number of amidine groups is 1. The molecule has 7 aromatic carbocycles. The number of hydrogen-bond donors (Lipinski definition) is 1. The molecule has 0 amide bonds. The smallest absolute Gasteiger partial charge is 0.133 e. The van der Waals surface area contributed by atoms with Crippen molar-refractivity contribution in [2.75, 3.05) is 0 Å². The molecule has 0 bridgehead atoms. The maximum absolute atomic E-state index is 5.26. The lowest BCUT2D eigenvalue weighted by Crippen LogP contribution is -2.35. The van der Waals surface area contributed by atoms with Crippen LogP contribution in [0.5, 0.6) is 0 Å². The van der Waals surface area contributed by atoms with Crippen LogP contribution in [0.15, 0.2) is 205 Å². The van der Waals surface area contributed by atoms with Crippen LogP contribution in [-0.4, -0.2) is 5.84 Å². The van der Waals surface area contributed by atoms with Gasteiger partial charge in [0.25, 0.3) is 0 Å². The van der Waals surface area contributed by atoms with Crippen LogP contribution < -0.4 is 5.32 Å². The van der Waals surface area contributed by atoms with Gasteiger partial charge < -0.3 is 5.32 Å². The Bertz CT molecular complexity index is 3010. The lowest BCUT2D eigenvalue weighted by atomic mass is 9.62. The van der Waals surface area contributed by atoms with Gasteiger partial charge >= 0.3 is 0 Å². The van der Waals surface area contributed by atoms with E-state index in [1.807, 2.05) is 0 Å². The molecule has 1 N–H and O–H groups in total. The lowest BCUT2D eigenvalue weighted by Gasteiger charge is -2.41. The van der Waals surface area contributed by atoms with Crippen LogP contribution >= 0.6 is 0 Å². The fourth-order valence-corrected chi connectivity index (χ4v) is 12.0. The summed E-state index contributed by atoms with van der Waals surface area (Å²) in [6.07, 6.45) is 14.4. The van der Waals surface area contributed by atoms with Crippen LogP contribution in [0, 0.1) is 5.92 Å². The van der Waals surface area contributed by atoms with Gasteiger partial charge in [0.05, 0.1) is 6.04 Å². The normalized spacial score (nSPS) is 21.1. The Kier molecular flexibility index (Phi) is 9.01. The SMILES string of the molecule is CC1(C)C2=CC3c4ccccc4C4(CCCCC4)C3C=C2c2ccc(-c3cccc(-c4ccc(C5C=C(c6ccc(-c7ccccc7)cc6)NC(c6ccccc6)=N5)cc4)c3)cc21. The van der Waals surface area contributed by atoms with Gasteiger partial charge in [0.2, 0.25) is 0 Å². The van der Waals surface area contributed by atoms with E-state index in [-0.39, 0.29) is 16.9 Å². The van der Waals surface area contributed by atoms with E-state index in [2.05, 4.69) is 213 Å². The van der Waals surface area contributed by atoms with Crippen LogP contribution in [0.4, 0.5) is 0 Å². The van der Waals surface area contributed by atoms with Crippen LogP contribution in [0.3, 0.4) is 0 Å². The Balaban J connectivity index is 0.840. The molecule has 63 heavy (non-hydrogen) atoms. The molecular formula is C61H52N2. The summed E-state index contributed by atoms with van der Waals surface area (Å²) in [7, 11) is 0. The quantitative estimate of drug-likeness (QED) is 0.178. The third-order valence-corrected chi connectivity index (χ3v) is 15.2. The Morgan fingerprint density at radius 2 is 1.08 bits per heavy atom. The average molecular weight is 813 g/mol. The number of nitrogens with one attached hydrogen (secondary N) is 1. The van der Waals surface area contributed by atoms with Crippen molar-refractivity contribution >= 4 is 17.1 Å². The minimum Gasteiger partial charge on any atom is -0.340 e. The molecule has 306 valence electrons. The van der Waals surface area contributed by atoms with Crippen LogP contribution in [0.1, 0.15) is 96.9 Å². The van der Waals surface area contributed by atoms with Crippen molar-refractivity contribution < 1.29 is 0 Å². The summed E-state index contributed by atoms with van der Waals surface area (Å²) in [6.45, 7) is 4.90. The highest BCUT2D eigenvalue weighted by Gasteiger charge is 2.53. The molecule has 1 aliphatic heterocycles. The average Bonchev–Trinajstić information content (AvgIpc) is 3.74. The van der Waals surface area contributed by atoms with Crippen molar-refractivity contribution in [3.05, 3.63) is 239 Å². The number of rotatable bonds is 6. The van der Waals surface area contributed by atoms with Crippen LogP contribution in [0.25, 0.3) is 44.7 Å². The molecule has 12 rings (SSSR count). The number of hydrogen-bond acceptors (Lipinski definition) is 2. The summed E-state index contributed by atoms with van der Waals surface area (Å²) < 4.78 is 0. The summed E-state index contributed by atoms with van der Waals surface area (Å²) >= 11 is 0. The Hall–Kier alpha value is -6.77. The zero-order chi connectivity index (χ0) is 42.1. The molecular weight excluding hydrogens is 761 g/mol. The summed E-state index contributed by atoms with van der Waals surface area (Å²) in [6, 6.07) is 64.6. The van der Waals surface area contributed by atoms with Crippen LogP contribution in [-0.2, 0) is 10.8 Å². The minimum atomic E-state index is -0.128. The highest BCUT2D eigenvalue weighted by atomic mass is 15.0. The molecule has 7 aromatic rings. The van der Waals surface area contributed by atoms with E-state index in [4.69, 9.17) is 4.99 Å². The molecule has 4 aliphatic carbocycles. The Labute approximate surface area is 372 Å². The highest BCUT2D eigenvalue weighted by Crippen LogP contribution is 2.64. The first-order valence-corrected chi connectivity index (χ1v) is 23.1. The van der Waals surface area contributed by atoms with Gasteiger partial charge in [-0.3, -0.25) is 4.99 Å². The van der Waals surface area contributed by atoms with Gasteiger partial charge in [-0.05, 0) is 115 Å². The first kappa shape index (κ1) is 37.9. The number of allylic oxidation sites excluding steroid dienone is 4. The second-order valence-corrected chi connectivity index (χ2v) is 19.0. The van der Waals surface area contributed by atoms with E-state index in [9.17, 15) is 0 Å². The molecule has 0 aromatic heterocycles. The largest absolute Gasteiger partial charge is 0.340 e. The van der Waals surface area contributed by atoms with Crippen molar-refractivity contribution in [3.63, 3.8) is 0 Å². The third kappa shape index (κ3) is 6.33. The monoisotopic (exact) mass is 812 g/mol. The van der Waals surface area contributed by atoms with E-state index < -0.39 is 0 Å². The maximum Gasteiger partial charge on any atom is 0.133 e.